The van der Waals surface area contributed by atoms with E-state index in [-0.39, 0.29) is 17.8 Å². The first-order chi connectivity index (χ1) is 18.7. The highest BCUT2D eigenvalue weighted by atomic mass is 16.5. The summed E-state index contributed by atoms with van der Waals surface area (Å²) in [4.78, 5) is 24.4. The lowest BCUT2D eigenvalue weighted by atomic mass is 10.0. The third kappa shape index (κ3) is 4.56. The normalized spacial score (nSPS) is 17.0. The van der Waals surface area contributed by atoms with Crippen LogP contribution < -0.4 is 15.5 Å². The van der Waals surface area contributed by atoms with Crippen molar-refractivity contribution in [1.82, 2.24) is 15.2 Å². The first-order valence-corrected chi connectivity index (χ1v) is 12.1. The van der Waals surface area contributed by atoms with E-state index in [1.165, 1.54) is 6.20 Å². The van der Waals surface area contributed by atoms with E-state index in [4.69, 9.17) is 14.1 Å². The molecule has 2 aromatic heterocycles. The second kappa shape index (κ2) is 10.1. The number of nitrogens with zero attached hydrogens (tertiary/aromatic N) is 6. The number of ether oxygens (including phenoxy) is 1. The van der Waals surface area contributed by atoms with Crippen molar-refractivity contribution in [2.24, 2.45) is 4.99 Å². The molecule has 0 unspecified atom stereocenters. The fourth-order valence-electron chi connectivity index (χ4n) is 4.40. The van der Waals surface area contributed by atoms with Gasteiger partial charge in [-0.25, -0.2) is 9.98 Å². The summed E-state index contributed by atoms with van der Waals surface area (Å²) in [7, 11) is 0. The highest BCUT2D eigenvalue weighted by molar-refractivity contribution is 6.19. The van der Waals surface area contributed by atoms with Gasteiger partial charge in [0.15, 0.2) is 5.69 Å². The third-order valence-electron chi connectivity index (χ3n) is 6.23. The number of benzene rings is 2. The van der Waals surface area contributed by atoms with Crippen molar-refractivity contribution >= 4 is 29.0 Å². The topological polar surface area (TPSA) is 142 Å². The van der Waals surface area contributed by atoms with E-state index in [0.717, 1.165) is 11.1 Å². The molecule has 0 spiro atoms. The van der Waals surface area contributed by atoms with Crippen molar-refractivity contribution in [3.63, 3.8) is 0 Å². The summed E-state index contributed by atoms with van der Waals surface area (Å²) in [5, 5.41) is 23.5. The van der Waals surface area contributed by atoms with Crippen LogP contribution in [0.5, 0.6) is 0 Å². The molecular weight excluding hydrogens is 484 g/mol. The molecule has 1 fully saturated rings. The summed E-state index contributed by atoms with van der Waals surface area (Å²) < 4.78 is 11.4. The van der Waals surface area contributed by atoms with E-state index in [1.54, 1.807) is 6.07 Å². The monoisotopic (exact) mass is 506 g/mol. The van der Waals surface area contributed by atoms with Crippen LogP contribution in [0.1, 0.15) is 16.7 Å². The maximum Gasteiger partial charge on any atom is 0.317 e. The van der Waals surface area contributed by atoms with Crippen molar-refractivity contribution < 1.29 is 13.9 Å². The van der Waals surface area contributed by atoms with Gasteiger partial charge in [-0.15, -0.1) is 5.10 Å². The number of nitrogens with one attached hydrogen (secondary N) is 2. The largest absolute Gasteiger partial charge is 0.402 e. The molecule has 1 saturated heterocycles. The molecule has 188 valence electrons. The van der Waals surface area contributed by atoms with Crippen LogP contribution in [-0.4, -0.2) is 59.3 Å². The number of pyridine rings is 1. The molecule has 0 radical (unpaired) electrons. The van der Waals surface area contributed by atoms with Crippen LogP contribution in [0.3, 0.4) is 0 Å². The fourth-order valence-corrected chi connectivity index (χ4v) is 4.40. The molecule has 2 aliphatic heterocycles. The van der Waals surface area contributed by atoms with Crippen molar-refractivity contribution in [3.8, 4) is 17.7 Å². The Morgan fingerprint density at radius 2 is 1.84 bits per heavy atom. The van der Waals surface area contributed by atoms with E-state index in [2.05, 4.69) is 36.8 Å². The van der Waals surface area contributed by atoms with Gasteiger partial charge in [0, 0.05) is 30.4 Å². The number of para-hydroxylation sites is 1. The van der Waals surface area contributed by atoms with Crippen molar-refractivity contribution in [2.45, 2.75) is 6.17 Å². The van der Waals surface area contributed by atoms with E-state index < -0.39 is 6.17 Å². The molecule has 11 heteroatoms. The number of carbonyl (C=O) groups is 1. The molecule has 2 aromatic carbocycles. The highest BCUT2D eigenvalue weighted by Crippen LogP contribution is 2.31. The summed E-state index contributed by atoms with van der Waals surface area (Å²) in [6.07, 6.45) is 0.432. The van der Waals surface area contributed by atoms with Gasteiger partial charge in [-0.2, -0.15) is 5.26 Å². The molecule has 0 aliphatic carbocycles. The Kier molecular flexibility index (Phi) is 6.21. The van der Waals surface area contributed by atoms with Crippen molar-refractivity contribution in [2.75, 3.05) is 41.8 Å². The lowest BCUT2D eigenvalue weighted by Gasteiger charge is -2.29. The minimum atomic E-state index is -1.03. The second-order valence-corrected chi connectivity index (χ2v) is 8.64. The Bertz CT molecular complexity index is 1550. The van der Waals surface area contributed by atoms with Gasteiger partial charge in [0.25, 0.3) is 11.8 Å². The molecule has 2 N–H and O–H groups in total. The van der Waals surface area contributed by atoms with Gasteiger partial charge in [0.1, 0.15) is 6.07 Å². The zero-order chi connectivity index (χ0) is 25.9. The number of aromatic nitrogens is 3. The first kappa shape index (κ1) is 23.3. The Labute approximate surface area is 217 Å². The molecule has 0 bridgehead atoms. The number of carbonyl (C=O) groups excluding carboxylic acids is 1. The lowest BCUT2D eigenvalue weighted by Crippen LogP contribution is -2.36. The van der Waals surface area contributed by atoms with Gasteiger partial charge < -0.3 is 24.7 Å². The molecule has 11 nitrogen and oxygen atoms in total. The predicted molar refractivity (Wildman–Crippen MR) is 140 cm³/mol. The second-order valence-electron chi connectivity index (χ2n) is 8.64. The molecule has 0 saturated carbocycles. The lowest BCUT2D eigenvalue weighted by molar-refractivity contribution is -0.116. The maximum absolute atomic E-state index is 13.1. The number of benzodiazepines with no additional fused rings is 1. The van der Waals surface area contributed by atoms with Crippen LogP contribution >= 0.6 is 0 Å². The minimum absolute atomic E-state index is 0.0151. The zero-order valence-electron chi connectivity index (χ0n) is 20.2. The Morgan fingerprint density at radius 3 is 2.66 bits per heavy atom. The number of morpholine rings is 1. The number of anilines is 3. The summed E-state index contributed by atoms with van der Waals surface area (Å²) in [6.45, 7) is 2.41. The number of amides is 1. The summed E-state index contributed by atoms with van der Waals surface area (Å²) in [6, 6.07) is 21.0. The molecule has 2 aliphatic rings. The molecular formula is C27H22N8O3. The SMILES string of the molecule is N#Cc1cnc(-c2nnc(N[C@H]3N=C(c4ccccc4)c4ccccc4NC3=O)o2)c(N2CCOCC2)c1. The van der Waals surface area contributed by atoms with Gasteiger partial charge in [0.05, 0.1) is 35.9 Å². The Morgan fingerprint density at radius 1 is 1.05 bits per heavy atom. The smallest absolute Gasteiger partial charge is 0.317 e. The molecule has 1 atom stereocenters. The quantitative estimate of drug-likeness (QED) is 0.418. The predicted octanol–water partition coefficient (Wildman–Crippen LogP) is 3.07. The zero-order valence-corrected chi connectivity index (χ0v) is 20.2. The maximum atomic E-state index is 13.1. The third-order valence-corrected chi connectivity index (χ3v) is 6.23. The number of fused-ring (bicyclic) bond motifs is 1. The van der Waals surface area contributed by atoms with Crippen molar-refractivity contribution in [3.05, 3.63) is 83.6 Å². The van der Waals surface area contributed by atoms with Gasteiger partial charge >= 0.3 is 6.01 Å². The van der Waals surface area contributed by atoms with Gasteiger partial charge in [-0.05, 0) is 12.1 Å². The average molecular weight is 507 g/mol. The molecule has 1 amide bonds. The molecule has 6 rings (SSSR count). The Balaban J connectivity index is 1.33. The summed E-state index contributed by atoms with van der Waals surface area (Å²) >= 11 is 0. The van der Waals surface area contributed by atoms with Gasteiger partial charge in [-0.1, -0.05) is 53.6 Å². The van der Waals surface area contributed by atoms with Crippen LogP contribution in [0, 0.1) is 11.3 Å². The Hall–Kier alpha value is -5.08. The number of aliphatic imine (C=N–C) groups is 1. The summed E-state index contributed by atoms with van der Waals surface area (Å²) in [5.41, 5.74) is 4.55. The number of rotatable bonds is 5. The summed E-state index contributed by atoms with van der Waals surface area (Å²) in [5.74, 6) is -0.211. The number of hydrogen-bond acceptors (Lipinski definition) is 10. The fraction of sp³-hybridized carbons (Fsp3) is 0.185. The number of hydrogen-bond donors (Lipinski definition) is 2. The van der Waals surface area contributed by atoms with E-state index in [1.807, 2.05) is 54.6 Å². The van der Waals surface area contributed by atoms with Gasteiger partial charge in [-0.3, -0.25) is 4.79 Å². The number of nitriles is 1. The van der Waals surface area contributed by atoms with Crippen LogP contribution in [0.2, 0.25) is 0 Å². The van der Waals surface area contributed by atoms with Crippen LogP contribution in [0.15, 0.2) is 76.3 Å². The molecule has 38 heavy (non-hydrogen) atoms. The van der Waals surface area contributed by atoms with Crippen molar-refractivity contribution in [1.29, 1.82) is 5.26 Å². The minimum Gasteiger partial charge on any atom is -0.402 e. The van der Waals surface area contributed by atoms with Crippen LogP contribution in [-0.2, 0) is 9.53 Å². The van der Waals surface area contributed by atoms with E-state index in [9.17, 15) is 10.1 Å². The van der Waals surface area contributed by atoms with Gasteiger partial charge in [0.2, 0.25) is 6.17 Å². The highest BCUT2D eigenvalue weighted by Gasteiger charge is 2.28. The molecule has 4 heterocycles. The average Bonchev–Trinajstić information content (AvgIpc) is 3.39. The van der Waals surface area contributed by atoms with Crippen LogP contribution in [0.4, 0.5) is 17.4 Å². The standard InChI is InChI=1S/C27H22N8O3/c28-15-17-14-21(35-10-12-37-13-11-35)23(29-16-17)26-33-34-27(38-26)32-24-25(36)30-20-9-5-4-8-19(20)22(31-24)18-6-2-1-3-7-18/h1-9,14,16,24H,10-13H2,(H,30,36)(H,32,34)/t24-/m1/s1. The van der Waals surface area contributed by atoms with Crippen LogP contribution in [0.25, 0.3) is 11.6 Å². The first-order valence-electron chi connectivity index (χ1n) is 12.1. The van der Waals surface area contributed by atoms with E-state index >= 15 is 0 Å². The molecule has 4 aromatic rings. The van der Waals surface area contributed by atoms with E-state index in [0.29, 0.717) is 54.6 Å².